The lowest BCUT2D eigenvalue weighted by atomic mass is 10.2. The standard InChI is InChI=1S/C16H15BrN4OS/c1-10-6-14(15(22)8-23-16-18-9-19-20-16)11(2)21(10)13-5-3-4-12(17)7-13/h3-7,9H,8H2,1-2H3,(H,18,19,20). The second kappa shape index (κ2) is 6.72. The van der Waals surface area contributed by atoms with E-state index in [1.807, 2.05) is 44.2 Å². The van der Waals surface area contributed by atoms with Gasteiger partial charge in [0.15, 0.2) is 10.9 Å². The summed E-state index contributed by atoms with van der Waals surface area (Å²) >= 11 is 4.85. The second-order valence-corrected chi connectivity index (χ2v) is 6.98. The highest BCUT2D eigenvalue weighted by atomic mass is 79.9. The molecule has 0 fully saturated rings. The van der Waals surface area contributed by atoms with Crippen molar-refractivity contribution in [2.24, 2.45) is 0 Å². The van der Waals surface area contributed by atoms with Crippen LogP contribution in [0.2, 0.25) is 0 Å². The zero-order valence-electron chi connectivity index (χ0n) is 12.7. The summed E-state index contributed by atoms with van der Waals surface area (Å²) in [5, 5.41) is 7.18. The van der Waals surface area contributed by atoms with E-state index >= 15 is 0 Å². The minimum Gasteiger partial charge on any atom is -0.318 e. The molecule has 7 heteroatoms. The Labute approximate surface area is 146 Å². The molecule has 5 nitrogen and oxygen atoms in total. The molecular formula is C16H15BrN4OS. The highest BCUT2D eigenvalue weighted by Crippen LogP contribution is 2.24. The summed E-state index contributed by atoms with van der Waals surface area (Å²) in [5.74, 6) is 0.415. The molecule has 3 rings (SSSR count). The number of carbonyl (C=O) groups excluding carboxylic acids is 1. The van der Waals surface area contributed by atoms with Gasteiger partial charge in [0.1, 0.15) is 6.33 Å². The van der Waals surface area contributed by atoms with Crippen molar-refractivity contribution in [2.75, 3.05) is 5.75 Å². The molecule has 0 atom stereocenters. The highest BCUT2D eigenvalue weighted by Gasteiger charge is 2.17. The molecule has 23 heavy (non-hydrogen) atoms. The van der Waals surface area contributed by atoms with Gasteiger partial charge in [-0.3, -0.25) is 9.89 Å². The minimum absolute atomic E-state index is 0.0840. The third-order valence-corrected chi connectivity index (χ3v) is 4.90. The van der Waals surface area contributed by atoms with Gasteiger partial charge in [-0.1, -0.05) is 33.8 Å². The van der Waals surface area contributed by atoms with Gasteiger partial charge in [0.25, 0.3) is 0 Å². The summed E-state index contributed by atoms with van der Waals surface area (Å²) in [4.78, 5) is 16.5. The summed E-state index contributed by atoms with van der Waals surface area (Å²) in [6.07, 6.45) is 1.44. The number of carbonyl (C=O) groups is 1. The largest absolute Gasteiger partial charge is 0.318 e. The Balaban J connectivity index is 1.86. The van der Waals surface area contributed by atoms with Crippen molar-refractivity contribution in [3.8, 4) is 5.69 Å². The Morgan fingerprint density at radius 1 is 1.35 bits per heavy atom. The molecule has 0 saturated heterocycles. The van der Waals surface area contributed by atoms with E-state index in [0.29, 0.717) is 10.9 Å². The fourth-order valence-corrected chi connectivity index (χ4v) is 3.58. The van der Waals surface area contributed by atoms with Crippen LogP contribution in [0, 0.1) is 13.8 Å². The van der Waals surface area contributed by atoms with Crippen LogP contribution in [0.1, 0.15) is 21.7 Å². The number of Topliss-reactive ketones (excluding diaryl/α,β-unsaturated/α-hetero) is 1. The van der Waals surface area contributed by atoms with Gasteiger partial charge in [-0.25, -0.2) is 4.98 Å². The van der Waals surface area contributed by atoms with Crippen LogP contribution in [0.4, 0.5) is 0 Å². The number of halogens is 1. The van der Waals surface area contributed by atoms with Crippen LogP contribution >= 0.6 is 27.7 Å². The lowest BCUT2D eigenvalue weighted by Gasteiger charge is -2.10. The smallest absolute Gasteiger partial charge is 0.183 e. The molecule has 0 spiro atoms. The van der Waals surface area contributed by atoms with Crippen molar-refractivity contribution in [1.29, 1.82) is 0 Å². The first-order chi connectivity index (χ1) is 11.1. The van der Waals surface area contributed by atoms with E-state index < -0.39 is 0 Å². The maximum absolute atomic E-state index is 12.5. The number of hydrogen-bond acceptors (Lipinski definition) is 4. The van der Waals surface area contributed by atoms with Crippen molar-refractivity contribution in [1.82, 2.24) is 19.7 Å². The average molecular weight is 391 g/mol. The fraction of sp³-hybridized carbons (Fsp3) is 0.188. The molecule has 0 aliphatic heterocycles. The average Bonchev–Trinajstić information content (AvgIpc) is 3.13. The van der Waals surface area contributed by atoms with Crippen molar-refractivity contribution in [3.05, 3.63) is 58.1 Å². The molecule has 0 aliphatic rings. The zero-order valence-corrected chi connectivity index (χ0v) is 15.1. The summed E-state index contributed by atoms with van der Waals surface area (Å²) in [7, 11) is 0. The second-order valence-electron chi connectivity index (χ2n) is 5.10. The van der Waals surface area contributed by atoms with Gasteiger partial charge in [0.05, 0.1) is 5.75 Å². The monoisotopic (exact) mass is 390 g/mol. The Bertz CT molecular complexity index is 842. The molecule has 0 amide bonds. The molecule has 0 saturated carbocycles. The summed E-state index contributed by atoms with van der Waals surface area (Å²) in [5.41, 5.74) is 3.77. The SMILES string of the molecule is Cc1cc(C(=O)CSc2ncn[nH]2)c(C)n1-c1cccc(Br)c1. The molecule has 1 N–H and O–H groups in total. The summed E-state index contributed by atoms with van der Waals surface area (Å²) in [6.45, 7) is 3.98. The van der Waals surface area contributed by atoms with Crippen LogP contribution in [-0.2, 0) is 0 Å². The normalized spacial score (nSPS) is 10.9. The lowest BCUT2D eigenvalue weighted by Crippen LogP contribution is -2.05. The van der Waals surface area contributed by atoms with Gasteiger partial charge < -0.3 is 4.57 Å². The maximum Gasteiger partial charge on any atom is 0.183 e. The number of ketones is 1. The number of hydrogen-bond donors (Lipinski definition) is 1. The van der Waals surface area contributed by atoms with E-state index in [-0.39, 0.29) is 5.78 Å². The van der Waals surface area contributed by atoms with Gasteiger partial charge in [-0.2, -0.15) is 5.10 Å². The van der Waals surface area contributed by atoms with Crippen LogP contribution in [0.3, 0.4) is 0 Å². The number of nitrogens with zero attached hydrogens (tertiary/aromatic N) is 3. The number of H-pyrrole nitrogens is 1. The molecule has 118 valence electrons. The van der Waals surface area contributed by atoms with Gasteiger partial charge in [-0.05, 0) is 38.1 Å². The van der Waals surface area contributed by atoms with E-state index in [1.165, 1.54) is 18.1 Å². The molecule has 2 aromatic heterocycles. The zero-order chi connectivity index (χ0) is 16.4. The minimum atomic E-state index is 0.0840. The van der Waals surface area contributed by atoms with Crippen LogP contribution in [0.15, 0.2) is 46.3 Å². The van der Waals surface area contributed by atoms with Crippen LogP contribution in [-0.4, -0.2) is 31.3 Å². The molecule has 0 bridgehead atoms. The topological polar surface area (TPSA) is 63.6 Å². The first-order valence-corrected chi connectivity index (χ1v) is 8.80. The van der Waals surface area contributed by atoms with E-state index in [4.69, 9.17) is 0 Å². The first-order valence-electron chi connectivity index (χ1n) is 7.02. The predicted octanol–water partition coefficient (Wildman–Crippen LogP) is 3.95. The van der Waals surface area contributed by atoms with Crippen molar-refractivity contribution in [2.45, 2.75) is 19.0 Å². The van der Waals surface area contributed by atoms with Gasteiger partial charge in [0, 0.05) is 27.1 Å². The fourth-order valence-electron chi connectivity index (χ4n) is 2.53. The van der Waals surface area contributed by atoms with Gasteiger partial charge in [-0.15, -0.1) is 0 Å². The molecule has 0 unspecified atom stereocenters. The highest BCUT2D eigenvalue weighted by molar-refractivity contribution is 9.10. The molecule has 2 heterocycles. The van der Waals surface area contributed by atoms with E-state index in [9.17, 15) is 4.79 Å². The number of benzene rings is 1. The number of aromatic amines is 1. The molecule has 3 aromatic rings. The van der Waals surface area contributed by atoms with Gasteiger partial charge in [0.2, 0.25) is 0 Å². The molecule has 0 radical (unpaired) electrons. The Morgan fingerprint density at radius 3 is 2.87 bits per heavy atom. The van der Waals surface area contributed by atoms with Crippen LogP contribution in [0.5, 0.6) is 0 Å². The first kappa shape index (κ1) is 16.0. The maximum atomic E-state index is 12.5. The number of nitrogens with one attached hydrogen (secondary N) is 1. The third kappa shape index (κ3) is 3.40. The number of aromatic nitrogens is 4. The molecular weight excluding hydrogens is 376 g/mol. The summed E-state index contributed by atoms with van der Waals surface area (Å²) in [6, 6.07) is 9.98. The Morgan fingerprint density at radius 2 is 2.17 bits per heavy atom. The van der Waals surface area contributed by atoms with E-state index in [2.05, 4.69) is 35.7 Å². The predicted molar refractivity (Wildman–Crippen MR) is 94.4 cm³/mol. The van der Waals surface area contributed by atoms with E-state index in [1.54, 1.807) is 0 Å². The van der Waals surface area contributed by atoms with Crippen LogP contribution in [0.25, 0.3) is 5.69 Å². The number of rotatable bonds is 5. The molecule has 1 aromatic carbocycles. The van der Waals surface area contributed by atoms with Gasteiger partial charge >= 0.3 is 0 Å². The molecule has 0 aliphatic carbocycles. The lowest BCUT2D eigenvalue weighted by molar-refractivity contribution is 0.102. The summed E-state index contributed by atoms with van der Waals surface area (Å²) < 4.78 is 3.10. The van der Waals surface area contributed by atoms with E-state index in [0.717, 1.165) is 27.1 Å². The number of aryl methyl sites for hydroxylation is 1. The van der Waals surface area contributed by atoms with Crippen molar-refractivity contribution >= 4 is 33.5 Å². The quantitative estimate of drug-likeness (QED) is 0.529. The van der Waals surface area contributed by atoms with Crippen molar-refractivity contribution in [3.63, 3.8) is 0 Å². The third-order valence-electron chi connectivity index (χ3n) is 3.53. The van der Waals surface area contributed by atoms with Crippen LogP contribution < -0.4 is 0 Å². The van der Waals surface area contributed by atoms with Crippen molar-refractivity contribution < 1.29 is 4.79 Å². The Kier molecular flexibility index (Phi) is 4.68. The Hall–Kier alpha value is -1.86. The number of thioether (sulfide) groups is 1.